The molecule has 0 radical (unpaired) electrons. The second-order valence-corrected chi connectivity index (χ2v) is 3.42. The summed E-state index contributed by atoms with van der Waals surface area (Å²) in [5.41, 5.74) is 4.83. The third-order valence-electron chi connectivity index (χ3n) is 2.03. The summed E-state index contributed by atoms with van der Waals surface area (Å²) in [5, 5.41) is 8.55. The molecular formula is C12H10F2N2O3. The topological polar surface area (TPSA) is 85.3 Å². The zero-order valence-corrected chi connectivity index (χ0v) is 9.73. The van der Waals surface area contributed by atoms with Crippen molar-refractivity contribution in [1.29, 1.82) is 5.26 Å². The van der Waals surface area contributed by atoms with Gasteiger partial charge in [-0.25, -0.2) is 13.6 Å². The molecule has 7 heteroatoms. The lowest BCUT2D eigenvalue weighted by Gasteiger charge is -2.09. The Morgan fingerprint density at radius 1 is 1.47 bits per heavy atom. The lowest BCUT2D eigenvalue weighted by atomic mass is 10.2. The summed E-state index contributed by atoms with van der Waals surface area (Å²) in [6, 6.07) is 5.37. The number of amides is 1. The lowest BCUT2D eigenvalue weighted by Crippen LogP contribution is -2.17. The number of rotatable bonds is 5. The molecule has 0 saturated heterocycles. The van der Waals surface area contributed by atoms with Crippen molar-refractivity contribution < 1.29 is 23.0 Å². The van der Waals surface area contributed by atoms with Gasteiger partial charge in [0.1, 0.15) is 13.2 Å². The van der Waals surface area contributed by atoms with Crippen molar-refractivity contribution in [3.8, 4) is 11.8 Å². The molecule has 5 nitrogen and oxygen atoms in total. The van der Waals surface area contributed by atoms with Gasteiger partial charge in [-0.05, 0) is 18.2 Å². The quantitative estimate of drug-likeness (QED) is 0.885. The van der Waals surface area contributed by atoms with Gasteiger partial charge in [0, 0.05) is 5.57 Å². The van der Waals surface area contributed by atoms with Crippen LogP contribution in [-0.4, -0.2) is 19.3 Å². The molecule has 0 aliphatic rings. The number of nitriles is 1. The minimum Gasteiger partial charge on any atom is -0.486 e. The Morgan fingerprint density at radius 2 is 2.21 bits per heavy atom. The number of nitrogens with zero attached hydrogens (tertiary/aromatic N) is 1. The minimum absolute atomic E-state index is 0.0254. The first-order valence-corrected chi connectivity index (χ1v) is 5.09. The van der Waals surface area contributed by atoms with Crippen molar-refractivity contribution >= 4 is 6.09 Å². The maximum Gasteiger partial charge on any atom is 0.404 e. The molecule has 0 heterocycles. The van der Waals surface area contributed by atoms with Crippen molar-refractivity contribution in [2.75, 3.05) is 13.2 Å². The van der Waals surface area contributed by atoms with Crippen molar-refractivity contribution in [1.82, 2.24) is 0 Å². The van der Waals surface area contributed by atoms with Crippen LogP contribution in [0.4, 0.5) is 13.6 Å². The Balaban J connectivity index is 2.61. The Bertz CT molecular complexity index is 538. The Kier molecular flexibility index (Phi) is 5.29. The Hall–Kier alpha value is -2.62. The molecule has 0 atom stereocenters. The second kappa shape index (κ2) is 6.96. The maximum absolute atomic E-state index is 13.4. The normalized spacial score (nSPS) is 10.7. The van der Waals surface area contributed by atoms with Gasteiger partial charge in [0.25, 0.3) is 0 Å². The fraction of sp³-hybridized carbons (Fsp3) is 0.167. The second-order valence-electron chi connectivity index (χ2n) is 3.42. The van der Waals surface area contributed by atoms with E-state index < -0.39 is 11.9 Å². The first kappa shape index (κ1) is 14.4. The van der Waals surface area contributed by atoms with Crippen LogP contribution in [0, 0.1) is 17.1 Å². The standard InChI is InChI=1S/C12H10F2N2O3/c13-4-9(7-19-12(16)17)6-18-11-2-1-8(5-15)3-10(11)14/h1-4H,6-7H2,(H2,16,17)/b9-4+. The van der Waals surface area contributed by atoms with Crippen LogP contribution >= 0.6 is 0 Å². The van der Waals surface area contributed by atoms with Crippen LogP contribution in [0.2, 0.25) is 0 Å². The smallest absolute Gasteiger partial charge is 0.404 e. The highest BCUT2D eigenvalue weighted by Crippen LogP contribution is 2.18. The first-order valence-electron chi connectivity index (χ1n) is 5.09. The number of halogens is 2. The average molecular weight is 268 g/mol. The van der Waals surface area contributed by atoms with E-state index in [2.05, 4.69) is 4.74 Å². The molecular weight excluding hydrogens is 258 g/mol. The van der Waals surface area contributed by atoms with Gasteiger partial charge >= 0.3 is 6.09 Å². The number of hydrogen-bond donors (Lipinski definition) is 1. The van der Waals surface area contributed by atoms with Crippen molar-refractivity contribution in [3.63, 3.8) is 0 Å². The van der Waals surface area contributed by atoms with Crippen LogP contribution in [0.1, 0.15) is 5.56 Å². The van der Waals surface area contributed by atoms with E-state index in [4.69, 9.17) is 15.7 Å². The van der Waals surface area contributed by atoms with E-state index in [1.807, 2.05) is 0 Å². The van der Waals surface area contributed by atoms with E-state index in [1.54, 1.807) is 6.07 Å². The summed E-state index contributed by atoms with van der Waals surface area (Å²) in [4.78, 5) is 10.3. The van der Waals surface area contributed by atoms with E-state index in [9.17, 15) is 13.6 Å². The molecule has 0 aromatic heterocycles. The monoisotopic (exact) mass is 268 g/mol. The number of benzene rings is 1. The summed E-state index contributed by atoms with van der Waals surface area (Å²) in [6.45, 7) is -0.698. The van der Waals surface area contributed by atoms with E-state index >= 15 is 0 Å². The highest BCUT2D eigenvalue weighted by molar-refractivity contribution is 5.64. The molecule has 0 unspecified atom stereocenters. The maximum atomic E-state index is 13.4. The summed E-state index contributed by atoms with van der Waals surface area (Å²) in [6.07, 6.45) is -0.867. The number of carbonyl (C=O) groups excluding carboxylic acids is 1. The molecule has 0 fully saturated rings. The fourth-order valence-corrected chi connectivity index (χ4v) is 1.13. The number of carbonyl (C=O) groups is 1. The molecule has 0 bridgehead atoms. The Morgan fingerprint density at radius 3 is 2.74 bits per heavy atom. The van der Waals surface area contributed by atoms with Crippen molar-refractivity contribution in [2.45, 2.75) is 0 Å². The fourth-order valence-electron chi connectivity index (χ4n) is 1.13. The summed E-state index contributed by atoms with van der Waals surface area (Å²) >= 11 is 0. The highest BCUT2D eigenvalue weighted by atomic mass is 19.1. The van der Waals surface area contributed by atoms with E-state index in [0.717, 1.165) is 6.07 Å². The summed E-state index contributed by atoms with van der Waals surface area (Å²) in [5.74, 6) is -0.884. The van der Waals surface area contributed by atoms with Gasteiger partial charge in [-0.3, -0.25) is 0 Å². The van der Waals surface area contributed by atoms with Crippen LogP contribution in [-0.2, 0) is 4.74 Å². The van der Waals surface area contributed by atoms with Crippen molar-refractivity contribution in [2.24, 2.45) is 5.73 Å². The third kappa shape index (κ3) is 4.63. The number of hydrogen-bond acceptors (Lipinski definition) is 4. The number of ether oxygens (including phenoxy) is 2. The molecule has 19 heavy (non-hydrogen) atoms. The summed E-state index contributed by atoms with van der Waals surface area (Å²) < 4.78 is 35.2. The van der Waals surface area contributed by atoms with E-state index in [-0.39, 0.29) is 36.4 Å². The van der Waals surface area contributed by atoms with Crippen molar-refractivity contribution in [3.05, 3.63) is 41.5 Å². The SMILES string of the molecule is N#Cc1ccc(OC/C(=C\F)COC(N)=O)c(F)c1. The predicted molar refractivity (Wildman–Crippen MR) is 61.3 cm³/mol. The third-order valence-corrected chi connectivity index (χ3v) is 2.03. The minimum atomic E-state index is -1.05. The highest BCUT2D eigenvalue weighted by Gasteiger charge is 2.07. The molecule has 0 spiro atoms. The molecule has 0 saturated carbocycles. The van der Waals surface area contributed by atoms with Gasteiger partial charge in [-0.2, -0.15) is 5.26 Å². The van der Waals surface area contributed by atoms with Gasteiger partial charge in [-0.1, -0.05) is 0 Å². The molecule has 1 amide bonds. The van der Waals surface area contributed by atoms with Crippen LogP contribution < -0.4 is 10.5 Å². The lowest BCUT2D eigenvalue weighted by molar-refractivity contribution is 0.162. The molecule has 1 rings (SSSR count). The molecule has 2 N–H and O–H groups in total. The molecule has 1 aromatic rings. The van der Waals surface area contributed by atoms with E-state index in [1.165, 1.54) is 12.1 Å². The number of primary amides is 1. The zero-order chi connectivity index (χ0) is 14.3. The summed E-state index contributed by atoms with van der Waals surface area (Å²) in [7, 11) is 0. The van der Waals surface area contributed by atoms with Crippen LogP contribution in [0.5, 0.6) is 5.75 Å². The largest absolute Gasteiger partial charge is 0.486 e. The van der Waals surface area contributed by atoms with Crippen LogP contribution in [0.15, 0.2) is 30.1 Å². The average Bonchev–Trinajstić information content (AvgIpc) is 2.39. The first-order chi connectivity index (χ1) is 9.06. The van der Waals surface area contributed by atoms with Crippen LogP contribution in [0.3, 0.4) is 0 Å². The van der Waals surface area contributed by atoms with Gasteiger partial charge < -0.3 is 15.2 Å². The van der Waals surface area contributed by atoms with Gasteiger partial charge in [0.2, 0.25) is 0 Å². The van der Waals surface area contributed by atoms with Gasteiger partial charge in [0.05, 0.1) is 18.0 Å². The van der Waals surface area contributed by atoms with Gasteiger partial charge in [0.15, 0.2) is 11.6 Å². The molecule has 1 aromatic carbocycles. The van der Waals surface area contributed by atoms with Gasteiger partial charge in [-0.15, -0.1) is 0 Å². The Labute approximate surface area is 107 Å². The van der Waals surface area contributed by atoms with E-state index in [0.29, 0.717) is 0 Å². The molecule has 0 aliphatic heterocycles. The number of nitrogens with two attached hydrogens (primary N) is 1. The molecule has 100 valence electrons. The molecule has 0 aliphatic carbocycles. The van der Waals surface area contributed by atoms with Crippen LogP contribution in [0.25, 0.3) is 0 Å². The predicted octanol–water partition coefficient (Wildman–Crippen LogP) is 2.02. The zero-order valence-electron chi connectivity index (χ0n) is 9.73.